The Kier molecular flexibility index (Phi) is 6.33. The van der Waals surface area contributed by atoms with Crippen molar-refractivity contribution < 1.29 is 14.6 Å². The van der Waals surface area contributed by atoms with Crippen molar-refractivity contribution >= 4 is 0 Å². The van der Waals surface area contributed by atoms with E-state index in [-0.39, 0.29) is 0 Å². The first kappa shape index (κ1) is 16.1. The van der Waals surface area contributed by atoms with Crippen LogP contribution in [0.4, 0.5) is 0 Å². The van der Waals surface area contributed by atoms with Crippen LogP contribution in [0.2, 0.25) is 0 Å². The molecule has 1 aromatic rings. The molecule has 2 rings (SSSR count). The van der Waals surface area contributed by atoms with Gasteiger partial charge in [0.1, 0.15) is 11.5 Å². The first-order chi connectivity index (χ1) is 10.2. The Balaban J connectivity index is 1.92. The van der Waals surface area contributed by atoms with Crippen LogP contribution in [0.1, 0.15) is 31.7 Å². The molecule has 1 aromatic carbocycles. The lowest BCUT2D eigenvalue weighted by Crippen LogP contribution is -2.36. The van der Waals surface area contributed by atoms with Crippen molar-refractivity contribution in [3.05, 3.63) is 23.8 Å². The van der Waals surface area contributed by atoms with Crippen LogP contribution in [0.25, 0.3) is 0 Å². The molecule has 1 fully saturated rings. The minimum atomic E-state index is 0.331. The summed E-state index contributed by atoms with van der Waals surface area (Å²) in [6, 6.07) is 5.64. The standard InChI is InChI=1S/C17H27NO3/c1-3-9-21-16-7-6-15(17(19)10-16)12-18-8-4-5-14(11-18)13-20-2/h6-7,10,14,19H,3-5,8-9,11-13H2,1-2H3. The molecule has 1 saturated heterocycles. The summed E-state index contributed by atoms with van der Waals surface area (Å²) in [4.78, 5) is 2.40. The number of benzene rings is 1. The average molecular weight is 293 g/mol. The molecule has 1 atom stereocenters. The number of phenolic OH excluding ortho intramolecular Hbond substituents is 1. The number of hydrogen-bond acceptors (Lipinski definition) is 4. The van der Waals surface area contributed by atoms with Crippen LogP contribution >= 0.6 is 0 Å². The number of likely N-dealkylation sites (tertiary alicyclic amines) is 1. The Labute approximate surface area is 127 Å². The number of hydrogen-bond donors (Lipinski definition) is 1. The van der Waals surface area contributed by atoms with Gasteiger partial charge in [0, 0.05) is 31.8 Å². The van der Waals surface area contributed by atoms with Gasteiger partial charge in [-0.3, -0.25) is 4.90 Å². The lowest BCUT2D eigenvalue weighted by molar-refractivity contribution is 0.0870. The maximum Gasteiger partial charge on any atom is 0.123 e. The van der Waals surface area contributed by atoms with Gasteiger partial charge in [0.05, 0.1) is 13.2 Å². The summed E-state index contributed by atoms with van der Waals surface area (Å²) in [6.07, 6.45) is 3.41. The van der Waals surface area contributed by atoms with E-state index in [9.17, 15) is 5.11 Å². The van der Waals surface area contributed by atoms with Gasteiger partial charge in [0.2, 0.25) is 0 Å². The Morgan fingerprint density at radius 1 is 1.38 bits per heavy atom. The SMILES string of the molecule is CCCOc1ccc(CN2CCCC(COC)C2)c(O)c1. The fourth-order valence-electron chi connectivity index (χ4n) is 2.89. The third-order valence-corrected chi connectivity index (χ3v) is 3.93. The predicted molar refractivity (Wildman–Crippen MR) is 83.8 cm³/mol. The summed E-state index contributed by atoms with van der Waals surface area (Å²) < 4.78 is 10.8. The van der Waals surface area contributed by atoms with Crippen LogP contribution in [0.3, 0.4) is 0 Å². The molecule has 21 heavy (non-hydrogen) atoms. The Bertz CT molecular complexity index is 434. The molecule has 0 aromatic heterocycles. The number of phenols is 1. The Morgan fingerprint density at radius 3 is 2.95 bits per heavy atom. The van der Waals surface area contributed by atoms with Gasteiger partial charge >= 0.3 is 0 Å². The largest absolute Gasteiger partial charge is 0.507 e. The van der Waals surface area contributed by atoms with Gasteiger partial charge in [-0.1, -0.05) is 13.0 Å². The van der Waals surface area contributed by atoms with E-state index in [1.165, 1.54) is 12.8 Å². The quantitative estimate of drug-likeness (QED) is 0.839. The van der Waals surface area contributed by atoms with E-state index in [4.69, 9.17) is 9.47 Å². The molecule has 1 unspecified atom stereocenters. The van der Waals surface area contributed by atoms with Gasteiger partial charge in [-0.25, -0.2) is 0 Å². The minimum Gasteiger partial charge on any atom is -0.507 e. The lowest BCUT2D eigenvalue weighted by Gasteiger charge is -2.32. The van der Waals surface area contributed by atoms with Crippen molar-refractivity contribution in [3.63, 3.8) is 0 Å². The zero-order valence-electron chi connectivity index (χ0n) is 13.2. The minimum absolute atomic E-state index is 0.331. The van der Waals surface area contributed by atoms with Crippen LogP contribution in [0.5, 0.6) is 11.5 Å². The molecule has 0 saturated carbocycles. The van der Waals surface area contributed by atoms with Crippen molar-refractivity contribution in [2.45, 2.75) is 32.7 Å². The van der Waals surface area contributed by atoms with Crippen LogP contribution < -0.4 is 4.74 Å². The van der Waals surface area contributed by atoms with Gasteiger partial charge in [0.25, 0.3) is 0 Å². The molecule has 1 aliphatic rings. The van der Waals surface area contributed by atoms with Gasteiger partial charge in [-0.15, -0.1) is 0 Å². The van der Waals surface area contributed by atoms with E-state index in [1.807, 2.05) is 12.1 Å². The summed E-state index contributed by atoms with van der Waals surface area (Å²) in [6.45, 7) is 6.51. The molecule has 1 N–H and O–H groups in total. The predicted octanol–water partition coefficient (Wildman–Crippen LogP) is 3.04. The van der Waals surface area contributed by atoms with E-state index in [1.54, 1.807) is 13.2 Å². The molecular formula is C17H27NO3. The molecule has 0 bridgehead atoms. The lowest BCUT2D eigenvalue weighted by atomic mass is 9.98. The van der Waals surface area contributed by atoms with Gasteiger partial charge in [0.15, 0.2) is 0 Å². The molecule has 118 valence electrons. The monoisotopic (exact) mass is 293 g/mol. The Hall–Kier alpha value is -1.26. The molecule has 1 heterocycles. The molecular weight excluding hydrogens is 266 g/mol. The number of piperidine rings is 1. The molecule has 0 spiro atoms. The van der Waals surface area contributed by atoms with E-state index in [0.717, 1.165) is 44.0 Å². The second kappa shape index (κ2) is 8.25. The smallest absolute Gasteiger partial charge is 0.123 e. The van der Waals surface area contributed by atoms with Crippen molar-refractivity contribution in [3.8, 4) is 11.5 Å². The van der Waals surface area contributed by atoms with E-state index in [0.29, 0.717) is 18.3 Å². The summed E-state index contributed by atoms with van der Waals surface area (Å²) in [5, 5.41) is 10.2. The van der Waals surface area contributed by atoms with E-state index < -0.39 is 0 Å². The first-order valence-corrected chi connectivity index (χ1v) is 7.89. The molecule has 0 radical (unpaired) electrons. The summed E-state index contributed by atoms with van der Waals surface area (Å²) in [5.41, 5.74) is 0.969. The fraction of sp³-hybridized carbons (Fsp3) is 0.647. The number of rotatable bonds is 7. The summed E-state index contributed by atoms with van der Waals surface area (Å²) >= 11 is 0. The number of methoxy groups -OCH3 is 1. The van der Waals surface area contributed by atoms with Crippen molar-refractivity contribution in [2.75, 3.05) is 33.4 Å². The zero-order chi connectivity index (χ0) is 15.1. The van der Waals surface area contributed by atoms with Crippen LogP contribution in [-0.4, -0.2) is 43.4 Å². The van der Waals surface area contributed by atoms with Crippen molar-refractivity contribution in [1.29, 1.82) is 0 Å². The third-order valence-electron chi connectivity index (χ3n) is 3.93. The van der Waals surface area contributed by atoms with Crippen LogP contribution in [0, 0.1) is 5.92 Å². The van der Waals surface area contributed by atoms with Crippen LogP contribution in [0.15, 0.2) is 18.2 Å². The first-order valence-electron chi connectivity index (χ1n) is 7.89. The molecule has 0 aliphatic carbocycles. The van der Waals surface area contributed by atoms with Crippen molar-refractivity contribution in [2.24, 2.45) is 5.92 Å². The Morgan fingerprint density at radius 2 is 2.24 bits per heavy atom. The van der Waals surface area contributed by atoms with E-state index >= 15 is 0 Å². The van der Waals surface area contributed by atoms with Gasteiger partial charge < -0.3 is 14.6 Å². The molecule has 4 heteroatoms. The van der Waals surface area contributed by atoms with Gasteiger partial charge in [-0.2, -0.15) is 0 Å². The highest BCUT2D eigenvalue weighted by molar-refractivity contribution is 5.39. The molecule has 1 aliphatic heterocycles. The topological polar surface area (TPSA) is 41.9 Å². The number of ether oxygens (including phenoxy) is 2. The third kappa shape index (κ3) is 4.90. The number of aromatic hydroxyl groups is 1. The second-order valence-electron chi connectivity index (χ2n) is 5.84. The average Bonchev–Trinajstić information content (AvgIpc) is 2.48. The fourth-order valence-corrected chi connectivity index (χ4v) is 2.89. The maximum absolute atomic E-state index is 10.2. The molecule has 0 amide bonds. The normalized spacial score (nSPS) is 19.6. The number of nitrogens with zero attached hydrogens (tertiary/aromatic N) is 1. The summed E-state index contributed by atoms with van der Waals surface area (Å²) in [5.74, 6) is 1.68. The maximum atomic E-state index is 10.2. The second-order valence-corrected chi connectivity index (χ2v) is 5.84. The highest BCUT2D eigenvalue weighted by Crippen LogP contribution is 2.26. The highest BCUT2D eigenvalue weighted by atomic mass is 16.5. The summed E-state index contributed by atoms with van der Waals surface area (Å²) in [7, 11) is 1.76. The van der Waals surface area contributed by atoms with Gasteiger partial charge in [-0.05, 0) is 37.8 Å². The highest BCUT2D eigenvalue weighted by Gasteiger charge is 2.20. The van der Waals surface area contributed by atoms with Crippen LogP contribution in [-0.2, 0) is 11.3 Å². The zero-order valence-corrected chi connectivity index (χ0v) is 13.2. The van der Waals surface area contributed by atoms with Crippen molar-refractivity contribution in [1.82, 2.24) is 4.90 Å². The van der Waals surface area contributed by atoms with E-state index in [2.05, 4.69) is 11.8 Å². The molecule has 4 nitrogen and oxygen atoms in total.